The number of hydrogen-bond donors (Lipinski definition) is 2. The molecule has 4 nitrogen and oxygen atoms in total. The standard InChI is InChI=1S/C14H19NO3/c16-13(17)10-14(6-8-15-9-7-14)18-11-12-4-2-1-3-5-12/h1-5,15H,6-11H2,(H,16,17). The van der Waals surface area contributed by atoms with Crippen molar-refractivity contribution >= 4 is 5.97 Å². The molecular formula is C14H19NO3. The molecule has 1 heterocycles. The largest absolute Gasteiger partial charge is 0.481 e. The minimum absolute atomic E-state index is 0.0848. The van der Waals surface area contributed by atoms with Crippen molar-refractivity contribution in [2.24, 2.45) is 0 Å². The third kappa shape index (κ3) is 3.55. The van der Waals surface area contributed by atoms with Gasteiger partial charge in [0.05, 0.1) is 18.6 Å². The quantitative estimate of drug-likeness (QED) is 0.835. The lowest BCUT2D eigenvalue weighted by molar-refractivity contribution is -0.149. The Morgan fingerprint density at radius 2 is 1.94 bits per heavy atom. The Labute approximate surface area is 107 Å². The molecule has 0 amide bonds. The van der Waals surface area contributed by atoms with Crippen LogP contribution in [0.15, 0.2) is 30.3 Å². The van der Waals surface area contributed by atoms with E-state index < -0.39 is 11.6 Å². The number of hydrogen-bond acceptors (Lipinski definition) is 3. The summed E-state index contributed by atoms with van der Waals surface area (Å²) in [6.45, 7) is 2.12. The third-order valence-electron chi connectivity index (χ3n) is 3.38. The van der Waals surface area contributed by atoms with Crippen LogP contribution in [0.1, 0.15) is 24.8 Å². The van der Waals surface area contributed by atoms with Crippen LogP contribution < -0.4 is 5.32 Å². The molecule has 18 heavy (non-hydrogen) atoms. The first-order valence-corrected chi connectivity index (χ1v) is 6.31. The molecule has 1 fully saturated rings. The van der Waals surface area contributed by atoms with Gasteiger partial charge in [0.25, 0.3) is 0 Å². The average Bonchev–Trinajstić information content (AvgIpc) is 2.38. The van der Waals surface area contributed by atoms with Gasteiger partial charge in [-0.2, -0.15) is 0 Å². The van der Waals surface area contributed by atoms with Gasteiger partial charge in [-0.05, 0) is 31.5 Å². The van der Waals surface area contributed by atoms with Gasteiger partial charge in [0.15, 0.2) is 0 Å². The van der Waals surface area contributed by atoms with Crippen LogP contribution in [0, 0.1) is 0 Å². The summed E-state index contributed by atoms with van der Waals surface area (Å²) in [6.07, 6.45) is 1.60. The molecule has 1 aromatic carbocycles. The molecule has 1 aromatic rings. The summed E-state index contributed by atoms with van der Waals surface area (Å²) in [7, 11) is 0. The first kappa shape index (κ1) is 13.1. The van der Waals surface area contributed by atoms with Crippen molar-refractivity contribution in [2.75, 3.05) is 13.1 Å². The summed E-state index contributed by atoms with van der Waals surface area (Å²) in [5.74, 6) is -0.787. The Morgan fingerprint density at radius 1 is 1.28 bits per heavy atom. The highest BCUT2D eigenvalue weighted by Gasteiger charge is 2.35. The predicted molar refractivity (Wildman–Crippen MR) is 68.3 cm³/mol. The fraction of sp³-hybridized carbons (Fsp3) is 0.500. The highest BCUT2D eigenvalue weighted by molar-refractivity contribution is 5.68. The molecule has 0 radical (unpaired) electrons. The lowest BCUT2D eigenvalue weighted by Gasteiger charge is -2.36. The predicted octanol–water partition coefficient (Wildman–Crippen LogP) is 1.80. The third-order valence-corrected chi connectivity index (χ3v) is 3.38. The molecule has 0 aliphatic carbocycles. The molecule has 0 atom stereocenters. The van der Waals surface area contributed by atoms with Gasteiger partial charge in [-0.25, -0.2) is 0 Å². The van der Waals surface area contributed by atoms with Crippen molar-refractivity contribution < 1.29 is 14.6 Å². The lowest BCUT2D eigenvalue weighted by atomic mass is 9.88. The van der Waals surface area contributed by atoms with Gasteiger partial charge in [0.1, 0.15) is 0 Å². The van der Waals surface area contributed by atoms with E-state index in [1.54, 1.807) is 0 Å². The minimum Gasteiger partial charge on any atom is -0.481 e. The van der Waals surface area contributed by atoms with Gasteiger partial charge >= 0.3 is 5.97 Å². The molecule has 1 aliphatic rings. The van der Waals surface area contributed by atoms with E-state index in [0.29, 0.717) is 6.61 Å². The van der Waals surface area contributed by atoms with Crippen molar-refractivity contribution in [3.63, 3.8) is 0 Å². The lowest BCUT2D eigenvalue weighted by Crippen LogP contribution is -2.45. The van der Waals surface area contributed by atoms with E-state index in [-0.39, 0.29) is 6.42 Å². The Balaban J connectivity index is 1.99. The molecule has 1 saturated heterocycles. The summed E-state index contributed by atoms with van der Waals surface area (Å²) in [5, 5.41) is 12.3. The minimum atomic E-state index is -0.787. The Morgan fingerprint density at radius 3 is 2.56 bits per heavy atom. The first-order valence-electron chi connectivity index (χ1n) is 6.31. The summed E-state index contributed by atoms with van der Waals surface area (Å²) >= 11 is 0. The van der Waals surface area contributed by atoms with E-state index in [4.69, 9.17) is 9.84 Å². The number of carboxylic acids is 1. The number of aliphatic carboxylic acids is 1. The molecule has 1 aliphatic heterocycles. The van der Waals surface area contributed by atoms with Crippen LogP contribution in [0.3, 0.4) is 0 Å². The van der Waals surface area contributed by atoms with Crippen LogP contribution in [0.5, 0.6) is 0 Å². The van der Waals surface area contributed by atoms with Crippen LogP contribution in [0.4, 0.5) is 0 Å². The average molecular weight is 249 g/mol. The van der Waals surface area contributed by atoms with Crippen molar-refractivity contribution in [3.05, 3.63) is 35.9 Å². The number of ether oxygens (including phenoxy) is 1. The second kappa shape index (κ2) is 5.98. The van der Waals surface area contributed by atoms with E-state index in [1.807, 2.05) is 30.3 Å². The van der Waals surface area contributed by atoms with Crippen LogP contribution in [-0.2, 0) is 16.1 Å². The second-order valence-electron chi connectivity index (χ2n) is 4.78. The number of nitrogens with one attached hydrogen (secondary N) is 1. The molecule has 2 rings (SSSR count). The van der Waals surface area contributed by atoms with Crippen molar-refractivity contribution in [3.8, 4) is 0 Å². The van der Waals surface area contributed by atoms with Gasteiger partial charge in [-0.15, -0.1) is 0 Å². The summed E-state index contributed by atoms with van der Waals surface area (Å²) < 4.78 is 5.95. The van der Waals surface area contributed by atoms with Gasteiger partial charge in [0, 0.05) is 0 Å². The molecular weight excluding hydrogens is 230 g/mol. The van der Waals surface area contributed by atoms with E-state index >= 15 is 0 Å². The van der Waals surface area contributed by atoms with Crippen LogP contribution in [-0.4, -0.2) is 29.8 Å². The molecule has 0 unspecified atom stereocenters. The molecule has 4 heteroatoms. The Bertz CT molecular complexity index is 385. The number of rotatable bonds is 5. The van der Waals surface area contributed by atoms with E-state index in [1.165, 1.54) is 0 Å². The number of carbonyl (C=O) groups is 1. The van der Waals surface area contributed by atoms with Gasteiger partial charge in [-0.3, -0.25) is 4.79 Å². The number of piperidine rings is 1. The maximum atomic E-state index is 11.0. The van der Waals surface area contributed by atoms with Crippen LogP contribution in [0.25, 0.3) is 0 Å². The molecule has 98 valence electrons. The Kier molecular flexibility index (Phi) is 4.33. The summed E-state index contributed by atoms with van der Waals surface area (Å²) in [4.78, 5) is 11.0. The van der Waals surface area contributed by atoms with E-state index in [2.05, 4.69) is 5.32 Å². The maximum absolute atomic E-state index is 11.0. The van der Waals surface area contributed by atoms with Crippen molar-refractivity contribution in [2.45, 2.75) is 31.5 Å². The number of carboxylic acid groups (broad SMARTS) is 1. The van der Waals surface area contributed by atoms with Crippen LogP contribution >= 0.6 is 0 Å². The maximum Gasteiger partial charge on any atom is 0.306 e. The van der Waals surface area contributed by atoms with Gasteiger partial charge in [0.2, 0.25) is 0 Å². The smallest absolute Gasteiger partial charge is 0.306 e. The molecule has 0 bridgehead atoms. The Hall–Kier alpha value is -1.39. The normalized spacial score (nSPS) is 18.4. The molecule has 0 aromatic heterocycles. The molecule has 0 saturated carbocycles. The highest BCUT2D eigenvalue weighted by atomic mass is 16.5. The highest BCUT2D eigenvalue weighted by Crippen LogP contribution is 2.28. The topological polar surface area (TPSA) is 58.6 Å². The number of benzene rings is 1. The van der Waals surface area contributed by atoms with Gasteiger partial charge in [-0.1, -0.05) is 30.3 Å². The van der Waals surface area contributed by atoms with E-state index in [0.717, 1.165) is 31.5 Å². The zero-order valence-electron chi connectivity index (χ0n) is 10.4. The second-order valence-corrected chi connectivity index (χ2v) is 4.78. The van der Waals surface area contributed by atoms with Crippen molar-refractivity contribution in [1.29, 1.82) is 0 Å². The molecule has 2 N–H and O–H groups in total. The SMILES string of the molecule is O=C(O)CC1(OCc2ccccc2)CCNCC1. The van der Waals surface area contributed by atoms with E-state index in [9.17, 15) is 4.79 Å². The summed E-state index contributed by atoms with van der Waals surface area (Å²) in [6, 6.07) is 9.88. The van der Waals surface area contributed by atoms with Gasteiger partial charge < -0.3 is 15.2 Å². The van der Waals surface area contributed by atoms with Crippen molar-refractivity contribution in [1.82, 2.24) is 5.32 Å². The zero-order valence-corrected chi connectivity index (χ0v) is 10.4. The fourth-order valence-corrected chi connectivity index (χ4v) is 2.34. The summed E-state index contributed by atoms with van der Waals surface area (Å²) in [5.41, 5.74) is 0.577. The molecule has 0 spiro atoms. The monoisotopic (exact) mass is 249 g/mol. The van der Waals surface area contributed by atoms with Crippen LogP contribution in [0.2, 0.25) is 0 Å². The zero-order chi connectivity index (χ0) is 12.8. The fourth-order valence-electron chi connectivity index (χ4n) is 2.34. The first-order chi connectivity index (χ1) is 8.70.